The topological polar surface area (TPSA) is 135 Å². The van der Waals surface area contributed by atoms with E-state index in [1.807, 2.05) is 12.1 Å². The van der Waals surface area contributed by atoms with Crippen LogP contribution in [0, 0.1) is 11.8 Å². The Morgan fingerprint density at radius 2 is 1.85 bits per heavy atom. The van der Waals surface area contributed by atoms with Crippen molar-refractivity contribution in [3.8, 4) is 5.75 Å². The van der Waals surface area contributed by atoms with Gasteiger partial charge in [0.15, 0.2) is 11.4 Å². The molecule has 0 radical (unpaired) electrons. The van der Waals surface area contributed by atoms with Crippen LogP contribution in [-0.2, 0) is 22.6 Å². The maximum atomic E-state index is 13.1. The molecule has 204 valence electrons. The molecule has 1 saturated carbocycles. The van der Waals surface area contributed by atoms with Crippen molar-refractivity contribution in [1.82, 2.24) is 30.1 Å². The predicted octanol–water partition coefficient (Wildman–Crippen LogP) is 1.79. The number of Topliss-reactive ketones (excluding diaryl/α,β-unsaturated/α-hetero) is 1. The summed E-state index contributed by atoms with van der Waals surface area (Å²) in [5, 5.41) is 10.0. The molecule has 0 bridgehead atoms. The van der Waals surface area contributed by atoms with E-state index in [1.54, 1.807) is 31.1 Å². The van der Waals surface area contributed by atoms with E-state index in [4.69, 9.17) is 4.74 Å². The van der Waals surface area contributed by atoms with Crippen molar-refractivity contribution < 1.29 is 23.9 Å². The molecule has 2 aliphatic rings. The lowest BCUT2D eigenvalue weighted by atomic mass is 9.81. The third kappa shape index (κ3) is 5.92. The Balaban J connectivity index is 1.22. The second kappa shape index (κ2) is 11.2. The van der Waals surface area contributed by atoms with Gasteiger partial charge in [-0.25, -0.2) is 9.50 Å². The van der Waals surface area contributed by atoms with Crippen molar-refractivity contribution in [2.75, 3.05) is 27.2 Å². The first-order chi connectivity index (χ1) is 18.8. The van der Waals surface area contributed by atoms with E-state index in [0.29, 0.717) is 24.4 Å². The van der Waals surface area contributed by atoms with Crippen molar-refractivity contribution in [2.45, 2.75) is 38.6 Å². The first kappa shape index (κ1) is 26.3. The van der Waals surface area contributed by atoms with Crippen LogP contribution < -0.4 is 15.4 Å². The van der Waals surface area contributed by atoms with Gasteiger partial charge < -0.3 is 20.3 Å². The number of hydrogen-bond acceptors (Lipinski definition) is 7. The van der Waals surface area contributed by atoms with Crippen LogP contribution in [0.25, 0.3) is 5.65 Å². The number of benzene rings is 1. The number of ether oxygens (including phenoxy) is 1. The Bertz CT molecular complexity index is 1420. The number of carbonyl (C=O) groups excluding carboxylic acids is 4. The molecule has 0 atom stereocenters. The van der Waals surface area contributed by atoms with Gasteiger partial charge in [0.05, 0.1) is 6.20 Å². The minimum Gasteiger partial charge on any atom is -0.486 e. The summed E-state index contributed by atoms with van der Waals surface area (Å²) in [6, 6.07) is 8.57. The molecule has 0 spiro atoms. The summed E-state index contributed by atoms with van der Waals surface area (Å²) in [5.41, 5.74) is 2.34. The molecule has 0 unspecified atom stereocenters. The van der Waals surface area contributed by atoms with Crippen LogP contribution in [0.15, 0.2) is 36.5 Å². The first-order valence-corrected chi connectivity index (χ1v) is 13.2. The number of aromatic nitrogens is 3. The summed E-state index contributed by atoms with van der Waals surface area (Å²) in [6.45, 7) is 0.798. The van der Waals surface area contributed by atoms with Crippen molar-refractivity contribution in [3.63, 3.8) is 0 Å². The lowest BCUT2D eigenvalue weighted by Crippen LogP contribution is -2.36. The van der Waals surface area contributed by atoms with E-state index in [-0.39, 0.29) is 54.0 Å². The lowest BCUT2D eigenvalue weighted by molar-refractivity contribution is -0.134. The molecule has 1 aliphatic heterocycles. The van der Waals surface area contributed by atoms with Crippen molar-refractivity contribution in [3.05, 3.63) is 59.0 Å². The van der Waals surface area contributed by atoms with E-state index >= 15 is 0 Å². The SMILES string of the molecule is CN(C)C(=O)C1CCC(CNC(=O)c2cc(C(=O)NCc3ccc4c(c3)CC(=O)CO4)nc3ccnn23)CC1. The van der Waals surface area contributed by atoms with Gasteiger partial charge >= 0.3 is 0 Å². The second-order valence-corrected chi connectivity index (χ2v) is 10.4. The van der Waals surface area contributed by atoms with Crippen LogP contribution in [0.1, 0.15) is 57.8 Å². The zero-order chi connectivity index (χ0) is 27.5. The quantitative estimate of drug-likeness (QED) is 0.474. The molecule has 0 saturated heterocycles. The van der Waals surface area contributed by atoms with Crippen molar-refractivity contribution in [1.29, 1.82) is 0 Å². The minimum atomic E-state index is -0.429. The highest BCUT2D eigenvalue weighted by molar-refractivity contribution is 5.98. The number of fused-ring (bicyclic) bond motifs is 2. The van der Waals surface area contributed by atoms with Gasteiger partial charge in [0.1, 0.15) is 23.7 Å². The molecule has 1 aromatic carbocycles. The maximum Gasteiger partial charge on any atom is 0.270 e. The molecule has 5 rings (SSSR count). The Kier molecular flexibility index (Phi) is 7.58. The van der Waals surface area contributed by atoms with Gasteiger partial charge in [-0.2, -0.15) is 5.10 Å². The molecule has 1 aliphatic carbocycles. The van der Waals surface area contributed by atoms with Crippen LogP contribution in [0.4, 0.5) is 0 Å². The largest absolute Gasteiger partial charge is 0.486 e. The summed E-state index contributed by atoms with van der Waals surface area (Å²) in [4.78, 5) is 56.1. The molecule has 39 heavy (non-hydrogen) atoms. The maximum absolute atomic E-state index is 13.1. The zero-order valence-corrected chi connectivity index (χ0v) is 22.1. The minimum absolute atomic E-state index is 0.0138. The van der Waals surface area contributed by atoms with E-state index < -0.39 is 5.91 Å². The first-order valence-electron chi connectivity index (χ1n) is 13.2. The standard InChI is InChI=1S/C28H32N6O5/c1-33(2)28(38)19-6-3-17(4-7-19)14-30-27(37)23-13-22(32-25-9-10-31-34(23)25)26(36)29-15-18-5-8-24-20(11-18)12-21(35)16-39-24/h5,8-11,13,17,19H,3-4,6-7,12,14-16H2,1-2H3,(H,29,36)(H,30,37). The Morgan fingerprint density at radius 1 is 1.05 bits per heavy atom. The molecular formula is C28H32N6O5. The van der Waals surface area contributed by atoms with E-state index in [0.717, 1.165) is 36.8 Å². The molecule has 1 fully saturated rings. The van der Waals surface area contributed by atoms with Crippen LogP contribution in [0.2, 0.25) is 0 Å². The fourth-order valence-electron chi connectivity index (χ4n) is 5.21. The molecule has 3 amide bonds. The fourth-order valence-corrected chi connectivity index (χ4v) is 5.21. The number of rotatable bonds is 7. The van der Waals surface area contributed by atoms with Crippen molar-refractivity contribution >= 4 is 29.2 Å². The van der Waals surface area contributed by atoms with Gasteiger partial charge in [0, 0.05) is 57.2 Å². The Labute approximate surface area is 225 Å². The smallest absolute Gasteiger partial charge is 0.270 e. The van der Waals surface area contributed by atoms with Crippen LogP contribution in [0.5, 0.6) is 5.75 Å². The third-order valence-electron chi connectivity index (χ3n) is 7.37. The molecular weight excluding hydrogens is 500 g/mol. The molecule has 2 N–H and O–H groups in total. The van der Waals surface area contributed by atoms with E-state index in [1.165, 1.54) is 16.8 Å². The van der Waals surface area contributed by atoms with Crippen molar-refractivity contribution in [2.24, 2.45) is 11.8 Å². The van der Waals surface area contributed by atoms with E-state index in [9.17, 15) is 19.2 Å². The number of nitrogens with one attached hydrogen (secondary N) is 2. The highest BCUT2D eigenvalue weighted by Crippen LogP contribution is 2.29. The monoisotopic (exact) mass is 532 g/mol. The number of amides is 3. The summed E-state index contributed by atoms with van der Waals surface area (Å²) >= 11 is 0. The molecule has 11 heteroatoms. The third-order valence-corrected chi connectivity index (χ3v) is 7.37. The average molecular weight is 533 g/mol. The highest BCUT2D eigenvalue weighted by atomic mass is 16.5. The number of nitrogens with zero attached hydrogens (tertiary/aromatic N) is 4. The zero-order valence-electron chi connectivity index (χ0n) is 22.1. The van der Waals surface area contributed by atoms with Gasteiger partial charge in [0.2, 0.25) is 5.91 Å². The normalized spacial score (nSPS) is 18.7. The molecule has 11 nitrogen and oxygen atoms in total. The second-order valence-electron chi connectivity index (χ2n) is 10.4. The van der Waals surface area contributed by atoms with Gasteiger partial charge in [-0.3, -0.25) is 19.2 Å². The van der Waals surface area contributed by atoms with Crippen LogP contribution in [-0.4, -0.2) is 70.2 Å². The van der Waals surface area contributed by atoms with Crippen LogP contribution >= 0.6 is 0 Å². The average Bonchev–Trinajstić information content (AvgIpc) is 3.42. The fraction of sp³-hybridized carbons (Fsp3) is 0.429. The summed E-state index contributed by atoms with van der Waals surface area (Å²) < 4.78 is 6.84. The highest BCUT2D eigenvalue weighted by Gasteiger charge is 2.28. The lowest BCUT2D eigenvalue weighted by Gasteiger charge is -2.29. The van der Waals surface area contributed by atoms with Gasteiger partial charge in [-0.15, -0.1) is 0 Å². The number of ketones is 1. The Morgan fingerprint density at radius 3 is 2.62 bits per heavy atom. The molecule has 2 aromatic heterocycles. The summed E-state index contributed by atoms with van der Waals surface area (Å²) in [5.74, 6) is 0.428. The number of hydrogen-bond donors (Lipinski definition) is 2. The van der Waals surface area contributed by atoms with Gasteiger partial charge in [-0.05, 0) is 49.3 Å². The summed E-state index contributed by atoms with van der Waals surface area (Å²) in [6.07, 6.45) is 5.20. The summed E-state index contributed by atoms with van der Waals surface area (Å²) in [7, 11) is 3.56. The van der Waals surface area contributed by atoms with Gasteiger partial charge in [0.25, 0.3) is 11.8 Å². The Hall–Kier alpha value is -4.28. The molecule has 3 aromatic rings. The number of carbonyl (C=O) groups is 4. The molecule has 3 heterocycles. The van der Waals surface area contributed by atoms with Crippen LogP contribution in [0.3, 0.4) is 0 Å². The van der Waals surface area contributed by atoms with E-state index in [2.05, 4.69) is 20.7 Å². The predicted molar refractivity (Wildman–Crippen MR) is 141 cm³/mol. The van der Waals surface area contributed by atoms with Gasteiger partial charge in [-0.1, -0.05) is 6.07 Å².